The van der Waals surface area contributed by atoms with Crippen LogP contribution in [-0.2, 0) is 19.4 Å². The molecule has 21 heavy (non-hydrogen) atoms. The number of carboxylic acid groups (broad SMARTS) is 1. The molecule has 1 aliphatic rings. The van der Waals surface area contributed by atoms with Crippen LogP contribution in [0.5, 0.6) is 0 Å². The Bertz CT molecular complexity index is 530. The van der Waals surface area contributed by atoms with Gasteiger partial charge in [-0.3, -0.25) is 4.79 Å². The molecule has 0 spiro atoms. The number of carbonyl (C=O) groups excluding carboxylic acids is 1. The lowest BCUT2D eigenvalue weighted by molar-refractivity contribution is -0.148. The third kappa shape index (κ3) is 3.85. The van der Waals surface area contributed by atoms with Gasteiger partial charge in [0.15, 0.2) is 9.84 Å². The van der Waals surface area contributed by atoms with E-state index in [1.807, 2.05) is 0 Å². The molecule has 2 atom stereocenters. The van der Waals surface area contributed by atoms with Crippen LogP contribution in [0, 0.1) is 5.41 Å². The van der Waals surface area contributed by atoms with Gasteiger partial charge in [0, 0.05) is 12.8 Å². The molecule has 0 aromatic heterocycles. The molecule has 1 rings (SSSR count). The summed E-state index contributed by atoms with van der Waals surface area (Å²) in [6.45, 7) is 4.54. The van der Waals surface area contributed by atoms with Crippen molar-refractivity contribution in [2.45, 2.75) is 31.6 Å². The first-order valence-electron chi connectivity index (χ1n) is 6.45. The number of hydrogen-bond acceptors (Lipinski definition) is 5. The maximum Gasteiger partial charge on any atom is 0.315 e. The fraction of sp³-hybridized carbons (Fsp3) is 0.833. The van der Waals surface area contributed by atoms with Crippen LogP contribution in [0.3, 0.4) is 0 Å². The molecule has 0 radical (unpaired) electrons. The number of ether oxygens (including phenoxy) is 1. The first-order chi connectivity index (χ1) is 9.40. The van der Waals surface area contributed by atoms with Crippen molar-refractivity contribution in [3.8, 4) is 0 Å². The zero-order valence-corrected chi connectivity index (χ0v) is 13.4. The molecule has 8 nitrogen and oxygen atoms in total. The molecule has 1 saturated heterocycles. The van der Waals surface area contributed by atoms with Crippen molar-refractivity contribution in [1.29, 1.82) is 0 Å². The minimum absolute atomic E-state index is 0.0160. The predicted octanol–water partition coefficient (Wildman–Crippen LogP) is -0.401. The van der Waals surface area contributed by atoms with Gasteiger partial charge in [-0.2, -0.15) is 0 Å². The number of urea groups is 1. The molecule has 1 fully saturated rings. The number of carboxylic acids is 1. The van der Waals surface area contributed by atoms with Crippen LogP contribution < -0.4 is 10.6 Å². The van der Waals surface area contributed by atoms with Crippen LogP contribution >= 0.6 is 0 Å². The van der Waals surface area contributed by atoms with Gasteiger partial charge in [0.1, 0.15) is 5.41 Å². The van der Waals surface area contributed by atoms with E-state index in [0.29, 0.717) is 0 Å². The fourth-order valence-corrected chi connectivity index (χ4v) is 2.05. The van der Waals surface area contributed by atoms with E-state index in [1.54, 1.807) is 0 Å². The lowest BCUT2D eigenvalue weighted by Gasteiger charge is -2.27. The van der Waals surface area contributed by atoms with Gasteiger partial charge in [-0.15, -0.1) is 0 Å². The van der Waals surface area contributed by atoms with Crippen molar-refractivity contribution < 1.29 is 27.9 Å². The summed E-state index contributed by atoms with van der Waals surface area (Å²) in [5.74, 6) is -1.05. The SMILES string of the molecule is CC1(C(=O)O)COCC1NC(=O)NCC(C)(C)S(C)(=O)=O. The highest BCUT2D eigenvalue weighted by atomic mass is 32.2. The van der Waals surface area contributed by atoms with E-state index in [4.69, 9.17) is 4.74 Å². The van der Waals surface area contributed by atoms with Gasteiger partial charge in [-0.05, 0) is 20.8 Å². The van der Waals surface area contributed by atoms with Crippen LogP contribution in [0.2, 0.25) is 0 Å². The van der Waals surface area contributed by atoms with E-state index in [-0.39, 0.29) is 19.8 Å². The standard InChI is InChI=1S/C12H22N2O6S/c1-11(2,21(4,18)19)6-13-10(17)14-8-5-20-7-12(8,3)9(15)16/h8H,5-7H2,1-4H3,(H,15,16)(H2,13,14,17). The van der Waals surface area contributed by atoms with Gasteiger partial charge in [0.05, 0.1) is 24.0 Å². The van der Waals surface area contributed by atoms with Crippen molar-refractivity contribution in [2.75, 3.05) is 26.0 Å². The average Bonchev–Trinajstić information content (AvgIpc) is 2.68. The zero-order valence-electron chi connectivity index (χ0n) is 12.6. The first kappa shape index (κ1) is 17.7. The molecule has 2 unspecified atom stereocenters. The van der Waals surface area contributed by atoms with Gasteiger partial charge in [0.2, 0.25) is 0 Å². The fourth-order valence-electron chi connectivity index (χ4n) is 1.72. The second-order valence-corrected chi connectivity index (χ2v) is 8.80. The Hall–Kier alpha value is -1.35. The number of rotatable bonds is 5. The van der Waals surface area contributed by atoms with Gasteiger partial charge in [-0.25, -0.2) is 13.2 Å². The maximum atomic E-state index is 11.8. The highest BCUT2D eigenvalue weighted by molar-refractivity contribution is 7.92. The van der Waals surface area contributed by atoms with Crippen LogP contribution in [0.25, 0.3) is 0 Å². The van der Waals surface area contributed by atoms with Gasteiger partial charge < -0.3 is 20.5 Å². The molecule has 1 heterocycles. The van der Waals surface area contributed by atoms with E-state index in [9.17, 15) is 23.1 Å². The Morgan fingerprint density at radius 1 is 1.43 bits per heavy atom. The molecule has 1 aliphatic heterocycles. The Balaban J connectivity index is 2.61. The molecular formula is C12H22N2O6S. The third-order valence-electron chi connectivity index (χ3n) is 3.93. The molecule has 0 aliphatic carbocycles. The summed E-state index contributed by atoms with van der Waals surface area (Å²) >= 11 is 0. The Morgan fingerprint density at radius 2 is 2.00 bits per heavy atom. The number of sulfone groups is 1. The van der Waals surface area contributed by atoms with Gasteiger partial charge in [-0.1, -0.05) is 0 Å². The summed E-state index contributed by atoms with van der Waals surface area (Å²) in [6.07, 6.45) is 1.10. The second-order valence-electron chi connectivity index (χ2n) is 6.15. The highest BCUT2D eigenvalue weighted by Crippen LogP contribution is 2.28. The Morgan fingerprint density at radius 3 is 2.48 bits per heavy atom. The normalized spacial score (nSPS) is 26.4. The maximum absolute atomic E-state index is 11.8. The van der Waals surface area contributed by atoms with Crippen LogP contribution in [0.15, 0.2) is 0 Å². The summed E-state index contributed by atoms with van der Waals surface area (Å²) < 4.78 is 27.1. The Labute approximate surface area is 124 Å². The molecule has 0 saturated carbocycles. The molecule has 2 amide bonds. The molecule has 9 heteroatoms. The van der Waals surface area contributed by atoms with Crippen molar-refractivity contribution >= 4 is 21.8 Å². The summed E-state index contributed by atoms with van der Waals surface area (Å²) in [5.41, 5.74) is -1.19. The quantitative estimate of drug-likeness (QED) is 0.633. The van der Waals surface area contributed by atoms with E-state index in [0.717, 1.165) is 6.26 Å². The second kappa shape index (κ2) is 5.80. The topological polar surface area (TPSA) is 122 Å². The summed E-state index contributed by atoms with van der Waals surface area (Å²) in [5, 5.41) is 14.2. The molecule has 3 N–H and O–H groups in total. The van der Waals surface area contributed by atoms with Crippen molar-refractivity contribution in [1.82, 2.24) is 10.6 Å². The predicted molar refractivity (Wildman–Crippen MR) is 75.8 cm³/mol. The minimum atomic E-state index is -3.32. The average molecular weight is 322 g/mol. The monoisotopic (exact) mass is 322 g/mol. The van der Waals surface area contributed by atoms with E-state index in [1.165, 1.54) is 20.8 Å². The van der Waals surface area contributed by atoms with E-state index in [2.05, 4.69) is 10.6 Å². The molecule has 0 aromatic carbocycles. The smallest absolute Gasteiger partial charge is 0.315 e. The number of nitrogens with one attached hydrogen (secondary N) is 2. The van der Waals surface area contributed by atoms with Gasteiger partial charge >= 0.3 is 12.0 Å². The molecule has 0 bridgehead atoms. The summed E-state index contributed by atoms with van der Waals surface area (Å²) in [6, 6.07) is -1.29. The highest BCUT2D eigenvalue weighted by Gasteiger charge is 2.47. The number of aliphatic carboxylic acids is 1. The Kier molecular flexibility index (Phi) is 4.89. The first-order valence-corrected chi connectivity index (χ1v) is 8.34. The van der Waals surface area contributed by atoms with E-state index < -0.39 is 38.0 Å². The molecule has 122 valence electrons. The van der Waals surface area contributed by atoms with Crippen molar-refractivity contribution in [3.05, 3.63) is 0 Å². The van der Waals surface area contributed by atoms with Crippen molar-refractivity contribution in [3.63, 3.8) is 0 Å². The largest absolute Gasteiger partial charge is 0.481 e. The third-order valence-corrected chi connectivity index (χ3v) is 6.08. The summed E-state index contributed by atoms with van der Waals surface area (Å²) in [4.78, 5) is 23.1. The minimum Gasteiger partial charge on any atom is -0.481 e. The number of amides is 2. The number of carbonyl (C=O) groups is 2. The van der Waals surface area contributed by atoms with Crippen molar-refractivity contribution in [2.24, 2.45) is 5.41 Å². The van der Waals surface area contributed by atoms with Crippen LogP contribution in [0.4, 0.5) is 4.79 Å². The van der Waals surface area contributed by atoms with E-state index >= 15 is 0 Å². The molecule has 0 aromatic rings. The van der Waals surface area contributed by atoms with Crippen LogP contribution in [0.1, 0.15) is 20.8 Å². The summed E-state index contributed by atoms with van der Waals surface area (Å²) in [7, 11) is -3.32. The van der Waals surface area contributed by atoms with Crippen LogP contribution in [-0.4, -0.2) is 62.3 Å². The lowest BCUT2D eigenvalue weighted by Crippen LogP contribution is -2.54. The zero-order chi connectivity index (χ0) is 16.5. The molecular weight excluding hydrogens is 300 g/mol. The lowest BCUT2D eigenvalue weighted by atomic mass is 9.85. The number of hydrogen-bond donors (Lipinski definition) is 3. The van der Waals surface area contributed by atoms with Gasteiger partial charge in [0.25, 0.3) is 0 Å².